The van der Waals surface area contributed by atoms with E-state index in [1.807, 2.05) is 12.4 Å². The molecule has 0 aliphatic carbocycles. The predicted molar refractivity (Wildman–Crippen MR) is 109 cm³/mol. The van der Waals surface area contributed by atoms with Crippen LogP contribution in [0.15, 0.2) is 36.7 Å². The molecule has 1 aromatic carbocycles. The van der Waals surface area contributed by atoms with Gasteiger partial charge in [-0.3, -0.25) is 9.80 Å². The Morgan fingerprint density at radius 1 is 0.963 bits per heavy atom. The van der Waals surface area contributed by atoms with E-state index in [4.69, 9.17) is 0 Å². The summed E-state index contributed by atoms with van der Waals surface area (Å²) < 4.78 is 0. The second kappa shape index (κ2) is 8.07. The molecule has 1 atom stereocenters. The Kier molecular flexibility index (Phi) is 5.55. The molecule has 2 aliphatic rings. The van der Waals surface area contributed by atoms with Crippen molar-refractivity contribution in [3.05, 3.63) is 59.2 Å². The van der Waals surface area contributed by atoms with Gasteiger partial charge in [0.1, 0.15) is 5.82 Å². The molecule has 0 radical (unpaired) electrons. The Morgan fingerprint density at radius 2 is 1.70 bits per heavy atom. The van der Waals surface area contributed by atoms with Gasteiger partial charge in [0.15, 0.2) is 0 Å². The molecular formula is C23H32N4. The van der Waals surface area contributed by atoms with E-state index in [1.165, 1.54) is 62.1 Å². The molecule has 27 heavy (non-hydrogen) atoms. The molecule has 1 aromatic heterocycles. The number of hydrogen-bond donors (Lipinski definition) is 0. The van der Waals surface area contributed by atoms with Crippen molar-refractivity contribution in [1.29, 1.82) is 0 Å². The topological polar surface area (TPSA) is 32.3 Å². The van der Waals surface area contributed by atoms with Crippen molar-refractivity contribution < 1.29 is 0 Å². The third-order valence-corrected chi connectivity index (χ3v) is 6.23. The first kappa shape index (κ1) is 18.6. The molecule has 2 saturated heterocycles. The lowest BCUT2D eigenvalue weighted by Gasteiger charge is -2.40. The third-order valence-electron chi connectivity index (χ3n) is 6.23. The van der Waals surface area contributed by atoms with Crippen LogP contribution in [0.3, 0.4) is 0 Å². The molecule has 3 heterocycles. The van der Waals surface area contributed by atoms with Gasteiger partial charge in [-0.25, -0.2) is 9.97 Å². The second-order valence-corrected chi connectivity index (χ2v) is 8.63. The molecule has 1 spiro atoms. The fourth-order valence-electron chi connectivity index (χ4n) is 4.91. The molecule has 144 valence electrons. The van der Waals surface area contributed by atoms with Crippen LogP contribution in [0.25, 0.3) is 0 Å². The highest BCUT2D eigenvalue weighted by Crippen LogP contribution is 2.39. The van der Waals surface area contributed by atoms with Gasteiger partial charge in [0.25, 0.3) is 0 Å². The molecule has 4 heteroatoms. The first-order valence-electron chi connectivity index (χ1n) is 10.4. The van der Waals surface area contributed by atoms with Crippen LogP contribution >= 0.6 is 0 Å². The maximum atomic E-state index is 4.46. The lowest BCUT2D eigenvalue weighted by atomic mass is 9.79. The van der Waals surface area contributed by atoms with E-state index < -0.39 is 0 Å². The van der Waals surface area contributed by atoms with Crippen LogP contribution in [0.2, 0.25) is 0 Å². The van der Waals surface area contributed by atoms with Crippen LogP contribution in [0.4, 0.5) is 0 Å². The van der Waals surface area contributed by atoms with Gasteiger partial charge in [0, 0.05) is 50.6 Å². The molecule has 0 bridgehead atoms. The Morgan fingerprint density at radius 3 is 2.44 bits per heavy atom. The molecule has 0 N–H and O–H groups in total. The lowest BCUT2D eigenvalue weighted by molar-refractivity contribution is 0.0866. The first-order valence-corrected chi connectivity index (χ1v) is 10.4. The summed E-state index contributed by atoms with van der Waals surface area (Å²) >= 11 is 0. The zero-order valence-electron chi connectivity index (χ0n) is 16.8. The summed E-state index contributed by atoms with van der Waals surface area (Å²) in [4.78, 5) is 14.2. The number of benzene rings is 1. The van der Waals surface area contributed by atoms with Crippen molar-refractivity contribution in [3.63, 3.8) is 0 Å². The summed E-state index contributed by atoms with van der Waals surface area (Å²) in [5, 5.41) is 0. The number of aryl methyl sites for hydroxylation is 2. The average Bonchev–Trinajstić information content (AvgIpc) is 3.04. The van der Waals surface area contributed by atoms with Crippen molar-refractivity contribution in [3.8, 4) is 0 Å². The van der Waals surface area contributed by atoms with Crippen LogP contribution in [0.5, 0.6) is 0 Å². The zero-order valence-corrected chi connectivity index (χ0v) is 16.8. The van der Waals surface area contributed by atoms with Crippen molar-refractivity contribution in [2.24, 2.45) is 5.41 Å². The molecule has 2 aromatic rings. The van der Waals surface area contributed by atoms with Crippen LogP contribution in [-0.4, -0.2) is 45.9 Å². The molecule has 2 fully saturated rings. The summed E-state index contributed by atoms with van der Waals surface area (Å²) in [6.45, 7) is 11.3. The SMILES string of the molecule is CCc1ncc(CN2CCC3(CCCN(Cc4cccc(C)c4)C3)C2)cn1. The van der Waals surface area contributed by atoms with Crippen LogP contribution in [-0.2, 0) is 19.5 Å². The van der Waals surface area contributed by atoms with Gasteiger partial charge in [-0.1, -0.05) is 36.8 Å². The maximum absolute atomic E-state index is 4.46. The highest BCUT2D eigenvalue weighted by Gasteiger charge is 2.41. The van der Waals surface area contributed by atoms with Crippen LogP contribution in [0, 0.1) is 12.3 Å². The standard InChI is InChI=1S/C23H32N4/c1-3-22-24-13-21(14-25-22)16-27-11-9-23(18-27)8-5-10-26(17-23)15-20-7-4-6-19(2)12-20/h4,6-7,12-14H,3,5,8-11,15-18H2,1-2H3. The Balaban J connectivity index is 1.35. The molecule has 2 aliphatic heterocycles. The second-order valence-electron chi connectivity index (χ2n) is 8.63. The number of nitrogens with zero attached hydrogens (tertiary/aromatic N) is 4. The summed E-state index contributed by atoms with van der Waals surface area (Å²) in [6, 6.07) is 8.98. The fourth-order valence-corrected chi connectivity index (χ4v) is 4.91. The molecule has 4 rings (SSSR count). The Labute approximate surface area is 163 Å². The van der Waals surface area contributed by atoms with Crippen molar-refractivity contribution in [2.75, 3.05) is 26.2 Å². The molecule has 0 amide bonds. The highest BCUT2D eigenvalue weighted by atomic mass is 15.2. The van der Waals surface area contributed by atoms with E-state index in [1.54, 1.807) is 0 Å². The van der Waals surface area contributed by atoms with Gasteiger partial charge in [0.05, 0.1) is 0 Å². The van der Waals surface area contributed by atoms with Gasteiger partial charge in [-0.15, -0.1) is 0 Å². The monoisotopic (exact) mass is 364 g/mol. The largest absolute Gasteiger partial charge is 0.298 e. The van der Waals surface area contributed by atoms with Gasteiger partial charge in [0.2, 0.25) is 0 Å². The van der Waals surface area contributed by atoms with Crippen LogP contribution < -0.4 is 0 Å². The van der Waals surface area contributed by atoms with E-state index in [-0.39, 0.29) is 0 Å². The highest BCUT2D eigenvalue weighted by molar-refractivity contribution is 5.22. The summed E-state index contributed by atoms with van der Waals surface area (Å²) in [5.74, 6) is 0.940. The lowest BCUT2D eigenvalue weighted by Crippen LogP contribution is -2.44. The Hall–Kier alpha value is -1.78. The summed E-state index contributed by atoms with van der Waals surface area (Å²) in [6.07, 6.45) is 8.96. The number of piperidine rings is 1. The minimum absolute atomic E-state index is 0.478. The quantitative estimate of drug-likeness (QED) is 0.807. The van der Waals surface area contributed by atoms with E-state index in [0.29, 0.717) is 5.41 Å². The number of likely N-dealkylation sites (tertiary alicyclic amines) is 2. The van der Waals surface area contributed by atoms with Crippen LogP contribution in [0.1, 0.15) is 48.7 Å². The fraction of sp³-hybridized carbons (Fsp3) is 0.565. The minimum atomic E-state index is 0.478. The van der Waals surface area contributed by atoms with Gasteiger partial charge in [-0.2, -0.15) is 0 Å². The van der Waals surface area contributed by atoms with E-state index in [0.717, 1.165) is 25.3 Å². The third kappa shape index (κ3) is 4.56. The van der Waals surface area contributed by atoms with Gasteiger partial charge >= 0.3 is 0 Å². The van der Waals surface area contributed by atoms with E-state index in [9.17, 15) is 0 Å². The smallest absolute Gasteiger partial charge is 0.127 e. The van der Waals surface area contributed by atoms with E-state index in [2.05, 4.69) is 57.9 Å². The predicted octanol–water partition coefficient (Wildman–Crippen LogP) is 3.84. The first-order chi connectivity index (χ1) is 13.1. The molecular weight excluding hydrogens is 332 g/mol. The maximum Gasteiger partial charge on any atom is 0.127 e. The summed E-state index contributed by atoms with van der Waals surface area (Å²) in [5.41, 5.74) is 4.54. The minimum Gasteiger partial charge on any atom is -0.298 e. The number of hydrogen-bond acceptors (Lipinski definition) is 4. The average molecular weight is 365 g/mol. The number of rotatable bonds is 5. The van der Waals surface area contributed by atoms with Crippen molar-refractivity contribution >= 4 is 0 Å². The Bertz CT molecular complexity index is 757. The zero-order chi connectivity index (χ0) is 18.7. The molecule has 4 nitrogen and oxygen atoms in total. The van der Waals surface area contributed by atoms with Gasteiger partial charge in [-0.05, 0) is 50.3 Å². The van der Waals surface area contributed by atoms with E-state index >= 15 is 0 Å². The molecule has 0 saturated carbocycles. The summed E-state index contributed by atoms with van der Waals surface area (Å²) in [7, 11) is 0. The molecule has 1 unspecified atom stereocenters. The van der Waals surface area contributed by atoms with Crippen molar-refractivity contribution in [2.45, 2.75) is 52.6 Å². The van der Waals surface area contributed by atoms with Gasteiger partial charge < -0.3 is 0 Å². The normalized spacial score (nSPS) is 23.9. The number of aromatic nitrogens is 2. The van der Waals surface area contributed by atoms with Crippen molar-refractivity contribution in [1.82, 2.24) is 19.8 Å².